The second kappa shape index (κ2) is 11.9. The maximum Gasteiger partial charge on any atom is 0.127 e. The molecule has 0 aliphatic carbocycles. The Morgan fingerprint density at radius 1 is 0.907 bits per heavy atom. The van der Waals surface area contributed by atoms with Crippen molar-refractivity contribution >= 4 is 21.8 Å². The summed E-state index contributed by atoms with van der Waals surface area (Å²) in [7, 11) is 0. The first-order valence-electron chi connectivity index (χ1n) is 14.9. The van der Waals surface area contributed by atoms with Gasteiger partial charge in [0.05, 0.1) is 16.9 Å². The van der Waals surface area contributed by atoms with Crippen LogP contribution in [0.3, 0.4) is 0 Å². The number of aromatic amines is 2. The molecule has 8 nitrogen and oxygen atoms in total. The van der Waals surface area contributed by atoms with Crippen LogP contribution in [0.25, 0.3) is 55.6 Å². The molecule has 0 bridgehead atoms. The van der Waals surface area contributed by atoms with Gasteiger partial charge in [-0.3, -0.25) is 20.0 Å². The van der Waals surface area contributed by atoms with Crippen LogP contribution in [-0.4, -0.2) is 62.8 Å². The summed E-state index contributed by atoms with van der Waals surface area (Å²) >= 11 is 0. The molecule has 2 aromatic carbocycles. The van der Waals surface area contributed by atoms with Gasteiger partial charge in [-0.1, -0.05) is 13.0 Å². The van der Waals surface area contributed by atoms with E-state index in [-0.39, 0.29) is 5.82 Å². The van der Waals surface area contributed by atoms with Gasteiger partial charge in [-0.15, -0.1) is 0 Å². The van der Waals surface area contributed by atoms with E-state index in [1.165, 1.54) is 25.0 Å². The van der Waals surface area contributed by atoms with Crippen LogP contribution < -0.4 is 10.1 Å². The zero-order valence-corrected chi connectivity index (χ0v) is 24.2. The predicted molar refractivity (Wildman–Crippen MR) is 168 cm³/mol. The first kappa shape index (κ1) is 27.2. The topological polar surface area (TPSA) is 94.8 Å². The summed E-state index contributed by atoms with van der Waals surface area (Å²) < 4.78 is 20.7. The number of pyridine rings is 2. The average molecular weight is 576 g/mol. The average Bonchev–Trinajstić information content (AvgIpc) is 3.79. The Labute approximate surface area is 249 Å². The number of likely N-dealkylation sites (tertiary alicyclic amines) is 1. The van der Waals surface area contributed by atoms with Crippen LogP contribution in [0, 0.1) is 5.82 Å². The van der Waals surface area contributed by atoms with Crippen molar-refractivity contribution in [2.45, 2.75) is 26.3 Å². The van der Waals surface area contributed by atoms with Gasteiger partial charge in [0.2, 0.25) is 0 Å². The van der Waals surface area contributed by atoms with Gasteiger partial charge in [0, 0.05) is 65.2 Å². The number of halogens is 1. The van der Waals surface area contributed by atoms with Crippen molar-refractivity contribution in [3.63, 3.8) is 0 Å². The van der Waals surface area contributed by atoms with Crippen LogP contribution in [0.5, 0.6) is 5.75 Å². The minimum absolute atomic E-state index is 0.349. The number of hydrogen-bond acceptors (Lipinski definition) is 6. The lowest BCUT2D eigenvalue weighted by Crippen LogP contribution is -2.25. The number of nitrogens with one attached hydrogen (secondary N) is 3. The van der Waals surface area contributed by atoms with Crippen molar-refractivity contribution in [3.8, 4) is 39.5 Å². The summed E-state index contributed by atoms with van der Waals surface area (Å²) in [6.07, 6.45) is 7.99. The molecule has 4 aromatic heterocycles. The minimum atomic E-state index is -0.349. The molecule has 0 amide bonds. The highest BCUT2D eigenvalue weighted by molar-refractivity contribution is 6.00. The molecule has 218 valence electrons. The van der Waals surface area contributed by atoms with Crippen molar-refractivity contribution in [2.75, 3.05) is 32.8 Å². The normalized spacial score (nSPS) is 13.8. The lowest BCUT2D eigenvalue weighted by molar-refractivity contribution is 0.237. The molecule has 5 heterocycles. The summed E-state index contributed by atoms with van der Waals surface area (Å²) in [5.41, 5.74) is 8.11. The molecule has 1 aliphatic rings. The van der Waals surface area contributed by atoms with Crippen LogP contribution in [0.15, 0.2) is 73.2 Å². The molecule has 1 saturated heterocycles. The highest BCUT2D eigenvalue weighted by atomic mass is 19.1. The lowest BCUT2D eigenvalue weighted by atomic mass is 10.0. The molecule has 0 unspecified atom stereocenters. The highest BCUT2D eigenvalue weighted by Gasteiger charge is 2.17. The van der Waals surface area contributed by atoms with E-state index in [1.807, 2.05) is 36.7 Å². The third-order valence-electron chi connectivity index (χ3n) is 8.09. The lowest BCUT2D eigenvalue weighted by Gasteiger charge is -2.15. The Morgan fingerprint density at radius 3 is 2.67 bits per heavy atom. The summed E-state index contributed by atoms with van der Waals surface area (Å²) in [6.45, 7) is 7.36. The van der Waals surface area contributed by atoms with Gasteiger partial charge in [-0.2, -0.15) is 5.10 Å². The number of rotatable bonds is 10. The number of fused-ring (bicyclic) bond motifs is 2. The zero-order valence-electron chi connectivity index (χ0n) is 24.2. The number of hydrogen-bond donors (Lipinski definition) is 3. The number of H-pyrrole nitrogens is 2. The van der Waals surface area contributed by atoms with E-state index in [4.69, 9.17) is 4.74 Å². The third kappa shape index (κ3) is 5.74. The third-order valence-corrected chi connectivity index (χ3v) is 8.09. The van der Waals surface area contributed by atoms with Crippen molar-refractivity contribution < 1.29 is 9.13 Å². The second-order valence-electron chi connectivity index (χ2n) is 11.1. The van der Waals surface area contributed by atoms with Gasteiger partial charge >= 0.3 is 0 Å². The number of aromatic nitrogens is 5. The van der Waals surface area contributed by atoms with Crippen LogP contribution in [0.4, 0.5) is 4.39 Å². The SMILES string of the molecule is CCNCc1cncc(-c2ccc3[nH]nc(-c4cc5c(-c6cc(F)cc(OCCN7CCCC7)c6)nccc5[nH]4)c3c2)c1. The number of nitrogens with zero attached hydrogens (tertiary/aromatic N) is 4. The van der Waals surface area contributed by atoms with Crippen LogP contribution in [0.2, 0.25) is 0 Å². The monoisotopic (exact) mass is 575 g/mol. The van der Waals surface area contributed by atoms with Crippen LogP contribution in [-0.2, 0) is 6.54 Å². The van der Waals surface area contributed by atoms with Crippen molar-refractivity contribution in [1.82, 2.24) is 35.4 Å². The first-order valence-corrected chi connectivity index (χ1v) is 14.9. The Morgan fingerprint density at radius 2 is 1.79 bits per heavy atom. The largest absolute Gasteiger partial charge is 0.492 e. The van der Waals surface area contributed by atoms with Crippen molar-refractivity contribution in [1.29, 1.82) is 0 Å². The predicted octanol–water partition coefficient (Wildman–Crippen LogP) is 6.56. The smallest absolute Gasteiger partial charge is 0.127 e. The second-order valence-corrected chi connectivity index (χ2v) is 11.1. The Bertz CT molecular complexity index is 1890. The zero-order chi connectivity index (χ0) is 29.2. The number of ether oxygens (including phenoxy) is 1. The fourth-order valence-corrected chi connectivity index (χ4v) is 5.90. The molecule has 1 fully saturated rings. The maximum atomic E-state index is 14.8. The van der Waals surface area contributed by atoms with Gasteiger partial charge in [-0.05, 0) is 86.1 Å². The summed E-state index contributed by atoms with van der Waals surface area (Å²) in [6, 6.07) is 17.2. The van der Waals surface area contributed by atoms with Crippen molar-refractivity contribution in [2.24, 2.45) is 0 Å². The van der Waals surface area contributed by atoms with E-state index < -0.39 is 0 Å². The Hall–Kier alpha value is -4.60. The molecule has 3 N–H and O–H groups in total. The maximum absolute atomic E-state index is 14.8. The Kier molecular flexibility index (Phi) is 7.57. The van der Waals surface area contributed by atoms with Crippen LogP contribution in [0.1, 0.15) is 25.3 Å². The molecule has 0 atom stereocenters. The molecule has 1 aliphatic heterocycles. The molecule has 7 rings (SSSR count). The minimum Gasteiger partial charge on any atom is -0.492 e. The molecule has 0 spiro atoms. The van der Waals surface area contributed by atoms with Gasteiger partial charge in [0.25, 0.3) is 0 Å². The van der Waals surface area contributed by atoms with E-state index in [2.05, 4.69) is 60.5 Å². The standard InChI is InChI=1S/C34H34FN7O/c1-2-36-19-22-13-25(21-37-20-22)23-5-6-31-28(16-23)34(41-40-31)32-18-29-30(39-32)7-8-38-33(29)24-14-26(35)17-27(15-24)43-12-11-42-9-3-4-10-42/h5-8,13-18,20-21,36,39H,2-4,9-12,19H2,1H3,(H,40,41). The van der Waals surface area contributed by atoms with E-state index in [0.29, 0.717) is 23.6 Å². The van der Waals surface area contributed by atoms with Gasteiger partial charge < -0.3 is 15.0 Å². The van der Waals surface area contributed by atoms with Gasteiger partial charge in [-0.25, -0.2) is 4.39 Å². The molecule has 0 radical (unpaired) electrons. The van der Waals surface area contributed by atoms with E-state index in [9.17, 15) is 4.39 Å². The Balaban J connectivity index is 1.20. The van der Waals surface area contributed by atoms with Crippen molar-refractivity contribution in [3.05, 3.63) is 84.6 Å². The quantitative estimate of drug-likeness (QED) is 0.171. The summed E-state index contributed by atoms with van der Waals surface area (Å²) in [4.78, 5) is 15.0. The fourth-order valence-electron chi connectivity index (χ4n) is 5.90. The summed E-state index contributed by atoms with van der Waals surface area (Å²) in [5, 5.41) is 13.1. The molecule has 43 heavy (non-hydrogen) atoms. The summed E-state index contributed by atoms with van der Waals surface area (Å²) in [5.74, 6) is 0.164. The molecular weight excluding hydrogens is 541 g/mol. The van der Waals surface area contributed by atoms with Gasteiger partial charge in [0.1, 0.15) is 23.9 Å². The molecule has 0 saturated carbocycles. The highest BCUT2D eigenvalue weighted by Crippen LogP contribution is 2.35. The number of benzene rings is 2. The van der Waals surface area contributed by atoms with Crippen LogP contribution >= 0.6 is 0 Å². The van der Waals surface area contributed by atoms with E-state index >= 15 is 0 Å². The first-order chi connectivity index (χ1) is 21.1. The molecule has 6 aromatic rings. The van der Waals surface area contributed by atoms with E-state index in [0.717, 1.165) is 82.6 Å². The fraction of sp³-hybridized carbons (Fsp3) is 0.265. The van der Waals surface area contributed by atoms with E-state index in [1.54, 1.807) is 6.20 Å². The van der Waals surface area contributed by atoms with Gasteiger partial charge in [0.15, 0.2) is 0 Å². The molecular formula is C34H34FN7O. The molecule has 9 heteroatoms.